The normalized spacial score (nSPS) is 37.6. The van der Waals surface area contributed by atoms with Gasteiger partial charge < -0.3 is 9.47 Å². The van der Waals surface area contributed by atoms with Crippen molar-refractivity contribution in [3.8, 4) is 0 Å². The van der Waals surface area contributed by atoms with Gasteiger partial charge in [0.15, 0.2) is 0 Å². The molecule has 2 aromatic carbocycles. The maximum atomic E-state index is 12.9. The highest BCUT2D eigenvalue weighted by molar-refractivity contribution is 5.90. The van der Waals surface area contributed by atoms with Gasteiger partial charge in [-0.3, -0.25) is 4.90 Å². The number of esters is 2. The number of benzene rings is 2. The van der Waals surface area contributed by atoms with Crippen LogP contribution in [0.5, 0.6) is 0 Å². The molecular formula is C26H27NO4. The summed E-state index contributed by atoms with van der Waals surface area (Å²) in [5, 5.41) is 0. The number of fused-ring (bicyclic) bond motifs is 9. The molecular weight excluding hydrogens is 390 g/mol. The van der Waals surface area contributed by atoms with E-state index in [1.165, 1.54) is 12.8 Å². The van der Waals surface area contributed by atoms with Crippen molar-refractivity contribution in [2.45, 2.75) is 43.6 Å². The molecule has 7 unspecified atom stereocenters. The Morgan fingerprint density at radius 3 is 1.58 bits per heavy atom. The minimum Gasteiger partial charge on any atom is -0.455 e. The van der Waals surface area contributed by atoms with Crippen molar-refractivity contribution in [1.82, 2.24) is 4.90 Å². The van der Waals surface area contributed by atoms with Gasteiger partial charge in [0.2, 0.25) is 0 Å². The van der Waals surface area contributed by atoms with Crippen molar-refractivity contribution in [3.05, 3.63) is 71.8 Å². The average molecular weight is 418 g/mol. The first kappa shape index (κ1) is 19.1. The van der Waals surface area contributed by atoms with Crippen LogP contribution in [0.1, 0.15) is 40.0 Å². The molecule has 5 heteroatoms. The topological polar surface area (TPSA) is 55.8 Å². The van der Waals surface area contributed by atoms with E-state index in [0.29, 0.717) is 35.0 Å². The van der Waals surface area contributed by atoms with Crippen molar-refractivity contribution in [2.75, 3.05) is 7.05 Å². The minimum absolute atomic E-state index is 0.258. The Labute approximate surface area is 182 Å². The number of ether oxygens (including phenoxy) is 2. The van der Waals surface area contributed by atoms with Gasteiger partial charge in [-0.15, -0.1) is 0 Å². The van der Waals surface area contributed by atoms with Gasteiger partial charge in [0, 0.05) is 23.9 Å². The molecule has 2 aliphatic heterocycles. The standard InChI is InChI=1S/C26H27NO4/c1-27-19-12-13-20(27)22-18-14-17(21(19)22)23(30-25(28)15-8-4-2-5-9-15)24(18)31-26(29)16-10-6-3-7-11-16/h2-11,17-24H,12-14H2,1H3/t17?,18?,19-,20?,21?,22?,23?,24?/m1/s1. The number of rotatable bonds is 4. The van der Waals surface area contributed by atoms with Gasteiger partial charge in [-0.2, -0.15) is 0 Å². The van der Waals surface area contributed by atoms with E-state index in [4.69, 9.17) is 9.47 Å². The molecule has 0 amide bonds. The van der Waals surface area contributed by atoms with Gasteiger partial charge in [0.25, 0.3) is 0 Å². The largest absolute Gasteiger partial charge is 0.455 e. The quantitative estimate of drug-likeness (QED) is 0.709. The molecule has 2 aliphatic carbocycles. The number of carbonyl (C=O) groups is 2. The van der Waals surface area contributed by atoms with Gasteiger partial charge >= 0.3 is 11.9 Å². The SMILES string of the molecule is CN1C2CC[C@@H]1C1C3CC(C(OC(=O)c4ccccc4)C3OC(=O)c3ccccc3)C12. The molecule has 2 heterocycles. The fraction of sp³-hybridized carbons (Fsp3) is 0.462. The third-order valence-corrected chi connectivity index (χ3v) is 8.34. The zero-order chi connectivity index (χ0) is 21.1. The molecule has 4 bridgehead atoms. The van der Waals surface area contributed by atoms with Crippen LogP contribution < -0.4 is 0 Å². The Morgan fingerprint density at radius 1 is 0.742 bits per heavy atom. The van der Waals surface area contributed by atoms with Crippen molar-refractivity contribution in [2.24, 2.45) is 23.7 Å². The summed E-state index contributed by atoms with van der Waals surface area (Å²) in [6.07, 6.45) is 2.67. The summed E-state index contributed by atoms with van der Waals surface area (Å²) < 4.78 is 12.2. The van der Waals surface area contributed by atoms with Crippen LogP contribution in [0, 0.1) is 23.7 Å². The third-order valence-electron chi connectivity index (χ3n) is 8.34. The molecule has 4 fully saturated rings. The summed E-state index contributed by atoms with van der Waals surface area (Å²) >= 11 is 0. The first-order valence-electron chi connectivity index (χ1n) is 11.4. The summed E-state index contributed by atoms with van der Waals surface area (Å²) in [5.74, 6) is 0.935. The summed E-state index contributed by atoms with van der Waals surface area (Å²) in [7, 11) is 2.23. The maximum absolute atomic E-state index is 12.9. The van der Waals surface area contributed by atoms with E-state index in [-0.39, 0.29) is 36.0 Å². The Bertz CT molecular complexity index is 913. The van der Waals surface area contributed by atoms with E-state index in [1.807, 2.05) is 36.4 Å². The smallest absolute Gasteiger partial charge is 0.338 e. The third kappa shape index (κ3) is 2.86. The predicted octanol–water partition coefficient (Wildman–Crippen LogP) is 3.80. The molecule has 0 N–H and O–H groups in total. The zero-order valence-electron chi connectivity index (χ0n) is 17.6. The molecule has 2 saturated carbocycles. The molecule has 2 aromatic rings. The van der Waals surface area contributed by atoms with Gasteiger partial charge in [-0.05, 0) is 62.4 Å². The molecule has 2 saturated heterocycles. The Hall–Kier alpha value is -2.66. The summed E-state index contributed by atoms with van der Waals surface area (Å²) in [6.45, 7) is 0. The molecule has 0 aromatic heterocycles. The van der Waals surface area contributed by atoms with Crippen LogP contribution in [0.2, 0.25) is 0 Å². The predicted molar refractivity (Wildman–Crippen MR) is 114 cm³/mol. The van der Waals surface area contributed by atoms with E-state index < -0.39 is 0 Å². The van der Waals surface area contributed by atoms with E-state index in [0.717, 1.165) is 6.42 Å². The Kier molecular flexibility index (Phi) is 4.42. The number of hydrogen-bond acceptors (Lipinski definition) is 5. The van der Waals surface area contributed by atoms with Crippen LogP contribution in [0.4, 0.5) is 0 Å². The lowest BCUT2D eigenvalue weighted by Gasteiger charge is -2.41. The van der Waals surface area contributed by atoms with Crippen LogP contribution in [0.3, 0.4) is 0 Å². The first-order chi connectivity index (χ1) is 15.1. The lowest BCUT2D eigenvalue weighted by molar-refractivity contribution is -0.0823. The van der Waals surface area contributed by atoms with Gasteiger partial charge in [-0.25, -0.2) is 9.59 Å². The van der Waals surface area contributed by atoms with Crippen LogP contribution in [0.25, 0.3) is 0 Å². The number of hydrogen-bond donors (Lipinski definition) is 0. The highest BCUT2D eigenvalue weighted by Crippen LogP contribution is 2.64. The first-order valence-corrected chi connectivity index (χ1v) is 11.4. The van der Waals surface area contributed by atoms with Crippen LogP contribution in [-0.2, 0) is 9.47 Å². The van der Waals surface area contributed by atoms with Crippen molar-refractivity contribution in [1.29, 1.82) is 0 Å². The van der Waals surface area contributed by atoms with E-state index in [9.17, 15) is 9.59 Å². The lowest BCUT2D eigenvalue weighted by atomic mass is 9.69. The zero-order valence-corrected chi connectivity index (χ0v) is 17.6. The Balaban J connectivity index is 1.30. The molecule has 31 heavy (non-hydrogen) atoms. The van der Waals surface area contributed by atoms with Crippen LogP contribution in [0.15, 0.2) is 60.7 Å². The van der Waals surface area contributed by atoms with Gasteiger partial charge in [0.05, 0.1) is 11.1 Å². The van der Waals surface area contributed by atoms with Gasteiger partial charge in [-0.1, -0.05) is 36.4 Å². The fourth-order valence-corrected chi connectivity index (χ4v) is 7.24. The second kappa shape index (κ2) is 7.20. The van der Waals surface area contributed by atoms with Crippen LogP contribution in [-0.4, -0.2) is 48.2 Å². The molecule has 0 spiro atoms. The second-order valence-electron chi connectivity index (χ2n) is 9.57. The highest BCUT2D eigenvalue weighted by Gasteiger charge is 2.69. The lowest BCUT2D eigenvalue weighted by Crippen LogP contribution is -2.49. The van der Waals surface area contributed by atoms with Crippen molar-refractivity contribution in [3.63, 3.8) is 0 Å². The number of nitrogens with zero attached hydrogens (tertiary/aromatic N) is 1. The summed E-state index contributed by atoms with van der Waals surface area (Å²) in [4.78, 5) is 28.4. The second-order valence-corrected chi connectivity index (χ2v) is 9.57. The van der Waals surface area contributed by atoms with E-state index >= 15 is 0 Å². The Morgan fingerprint density at radius 2 is 1.16 bits per heavy atom. The summed E-state index contributed by atoms with van der Waals surface area (Å²) in [5.41, 5.74) is 1.08. The monoisotopic (exact) mass is 417 g/mol. The minimum atomic E-state index is -0.376. The average Bonchev–Trinajstić information content (AvgIpc) is 3.54. The molecule has 6 rings (SSSR count). The fourth-order valence-electron chi connectivity index (χ4n) is 7.24. The van der Waals surface area contributed by atoms with Crippen molar-refractivity contribution < 1.29 is 19.1 Å². The molecule has 4 aliphatic rings. The molecule has 160 valence electrons. The van der Waals surface area contributed by atoms with Crippen LogP contribution >= 0.6 is 0 Å². The van der Waals surface area contributed by atoms with E-state index in [1.54, 1.807) is 24.3 Å². The number of carbonyl (C=O) groups excluding carboxylic acids is 2. The maximum Gasteiger partial charge on any atom is 0.338 e. The molecule has 5 nitrogen and oxygen atoms in total. The van der Waals surface area contributed by atoms with Crippen molar-refractivity contribution >= 4 is 11.9 Å². The molecule has 0 radical (unpaired) electrons. The summed E-state index contributed by atoms with van der Waals surface area (Å²) in [6, 6.07) is 19.3. The van der Waals surface area contributed by atoms with E-state index in [2.05, 4.69) is 11.9 Å². The van der Waals surface area contributed by atoms with Gasteiger partial charge in [0.1, 0.15) is 12.2 Å². The highest BCUT2D eigenvalue weighted by atomic mass is 16.6. The molecule has 8 atom stereocenters.